The molecule has 0 N–H and O–H groups in total. The first-order chi connectivity index (χ1) is 7.33. The van der Waals surface area contributed by atoms with Crippen LogP contribution in [0.4, 0.5) is 0 Å². The summed E-state index contributed by atoms with van der Waals surface area (Å²) in [5.74, 6) is 0. The van der Waals surface area contributed by atoms with Gasteiger partial charge in [-0.2, -0.15) is 0 Å². The molecule has 3 atom stereocenters. The first-order valence-electron chi connectivity index (χ1n) is 6.42. The SMILES string of the molecule is CC1CN2CCCC2CN1CCC1CO1. The second kappa shape index (κ2) is 4.04. The maximum atomic E-state index is 5.28. The summed E-state index contributed by atoms with van der Waals surface area (Å²) in [5, 5.41) is 0. The minimum atomic E-state index is 0.596. The zero-order chi connectivity index (χ0) is 10.3. The van der Waals surface area contributed by atoms with Crippen LogP contribution in [0.15, 0.2) is 0 Å². The number of hydrogen-bond acceptors (Lipinski definition) is 3. The molecule has 0 aliphatic carbocycles. The van der Waals surface area contributed by atoms with E-state index in [1.807, 2.05) is 0 Å². The van der Waals surface area contributed by atoms with Crippen LogP contribution in [0, 0.1) is 0 Å². The summed E-state index contributed by atoms with van der Waals surface area (Å²) in [7, 11) is 0. The van der Waals surface area contributed by atoms with Crippen LogP contribution in [0.5, 0.6) is 0 Å². The molecule has 0 spiro atoms. The van der Waals surface area contributed by atoms with Crippen molar-refractivity contribution >= 4 is 0 Å². The van der Waals surface area contributed by atoms with Crippen molar-refractivity contribution in [1.82, 2.24) is 9.80 Å². The van der Waals surface area contributed by atoms with Crippen molar-refractivity contribution in [2.45, 2.75) is 44.4 Å². The van der Waals surface area contributed by atoms with Gasteiger partial charge in [0, 0.05) is 31.7 Å². The largest absolute Gasteiger partial charge is 0.373 e. The molecule has 3 unspecified atom stereocenters. The molecule has 15 heavy (non-hydrogen) atoms. The van der Waals surface area contributed by atoms with Crippen LogP contribution < -0.4 is 0 Å². The van der Waals surface area contributed by atoms with Gasteiger partial charge in [0.15, 0.2) is 0 Å². The molecule has 0 radical (unpaired) electrons. The Balaban J connectivity index is 1.53. The molecule has 0 bridgehead atoms. The lowest BCUT2D eigenvalue weighted by Gasteiger charge is -2.42. The summed E-state index contributed by atoms with van der Waals surface area (Å²) < 4.78 is 5.28. The standard InChI is InChI=1S/C12H22N2O/c1-10-7-14-5-2-3-11(14)8-13(10)6-4-12-9-15-12/h10-12H,2-9H2,1H3. The normalized spacial score (nSPS) is 41.8. The molecule has 3 heteroatoms. The number of fused-ring (bicyclic) bond motifs is 1. The van der Waals surface area contributed by atoms with Gasteiger partial charge in [-0.3, -0.25) is 9.80 Å². The van der Waals surface area contributed by atoms with E-state index >= 15 is 0 Å². The molecule has 3 nitrogen and oxygen atoms in total. The Hall–Kier alpha value is -0.120. The zero-order valence-corrected chi connectivity index (χ0v) is 9.69. The summed E-state index contributed by atoms with van der Waals surface area (Å²) in [6.45, 7) is 8.56. The molecular weight excluding hydrogens is 188 g/mol. The Bertz CT molecular complexity index is 230. The Kier molecular flexibility index (Phi) is 2.71. The van der Waals surface area contributed by atoms with E-state index in [9.17, 15) is 0 Å². The van der Waals surface area contributed by atoms with E-state index in [-0.39, 0.29) is 0 Å². The molecule has 3 saturated heterocycles. The van der Waals surface area contributed by atoms with Crippen molar-refractivity contribution in [3.05, 3.63) is 0 Å². The maximum Gasteiger partial charge on any atom is 0.0822 e. The topological polar surface area (TPSA) is 19.0 Å². The fourth-order valence-electron chi connectivity index (χ4n) is 3.10. The third-order valence-corrected chi connectivity index (χ3v) is 4.21. The van der Waals surface area contributed by atoms with Gasteiger partial charge in [-0.1, -0.05) is 0 Å². The highest BCUT2D eigenvalue weighted by Crippen LogP contribution is 2.25. The average Bonchev–Trinajstić information content (AvgIpc) is 2.94. The van der Waals surface area contributed by atoms with Crippen LogP contribution in [-0.2, 0) is 4.74 Å². The summed E-state index contributed by atoms with van der Waals surface area (Å²) in [6.07, 6.45) is 4.68. The Morgan fingerprint density at radius 1 is 1.33 bits per heavy atom. The highest BCUT2D eigenvalue weighted by atomic mass is 16.6. The third-order valence-electron chi connectivity index (χ3n) is 4.21. The van der Waals surface area contributed by atoms with Crippen LogP contribution in [0.3, 0.4) is 0 Å². The Morgan fingerprint density at radius 2 is 2.20 bits per heavy atom. The molecule has 3 fully saturated rings. The molecule has 3 rings (SSSR count). The molecule has 0 aromatic heterocycles. The van der Waals surface area contributed by atoms with Crippen LogP contribution >= 0.6 is 0 Å². The van der Waals surface area contributed by atoms with E-state index < -0.39 is 0 Å². The first kappa shape index (κ1) is 10.1. The molecule has 0 aromatic rings. The minimum Gasteiger partial charge on any atom is -0.373 e. The van der Waals surface area contributed by atoms with Gasteiger partial charge in [0.1, 0.15) is 0 Å². The molecule has 3 aliphatic rings. The lowest BCUT2D eigenvalue weighted by atomic mass is 10.1. The van der Waals surface area contributed by atoms with E-state index in [0.29, 0.717) is 6.10 Å². The van der Waals surface area contributed by atoms with E-state index in [1.54, 1.807) is 0 Å². The number of epoxide rings is 1. The lowest BCUT2D eigenvalue weighted by Crippen LogP contribution is -2.55. The first-order valence-corrected chi connectivity index (χ1v) is 6.42. The van der Waals surface area contributed by atoms with Crippen molar-refractivity contribution in [2.75, 3.05) is 32.8 Å². The third kappa shape index (κ3) is 2.19. The second-order valence-electron chi connectivity index (χ2n) is 5.38. The van der Waals surface area contributed by atoms with Crippen molar-refractivity contribution in [3.63, 3.8) is 0 Å². The quantitative estimate of drug-likeness (QED) is 0.646. The van der Waals surface area contributed by atoms with Crippen LogP contribution in [0.25, 0.3) is 0 Å². The fourth-order valence-corrected chi connectivity index (χ4v) is 3.10. The lowest BCUT2D eigenvalue weighted by molar-refractivity contribution is 0.0573. The van der Waals surface area contributed by atoms with Crippen LogP contribution in [0.2, 0.25) is 0 Å². The van der Waals surface area contributed by atoms with E-state index in [4.69, 9.17) is 4.74 Å². The van der Waals surface area contributed by atoms with Crippen LogP contribution in [0.1, 0.15) is 26.2 Å². The molecule has 0 saturated carbocycles. The summed E-state index contributed by atoms with van der Waals surface area (Å²) >= 11 is 0. The summed E-state index contributed by atoms with van der Waals surface area (Å²) in [6, 6.07) is 1.61. The number of rotatable bonds is 3. The van der Waals surface area contributed by atoms with Gasteiger partial charge in [-0.15, -0.1) is 0 Å². The number of hydrogen-bond donors (Lipinski definition) is 0. The van der Waals surface area contributed by atoms with Gasteiger partial charge in [0.2, 0.25) is 0 Å². The maximum absolute atomic E-state index is 5.28. The molecule has 0 aromatic carbocycles. The Labute approximate surface area is 92.4 Å². The second-order valence-corrected chi connectivity index (χ2v) is 5.38. The highest BCUT2D eigenvalue weighted by molar-refractivity contribution is 4.91. The predicted molar refractivity (Wildman–Crippen MR) is 60.0 cm³/mol. The molecule has 3 aliphatic heterocycles. The smallest absolute Gasteiger partial charge is 0.0822 e. The van der Waals surface area contributed by atoms with Gasteiger partial charge in [0.25, 0.3) is 0 Å². The molecule has 3 heterocycles. The molecule has 86 valence electrons. The minimum absolute atomic E-state index is 0.596. The van der Waals surface area contributed by atoms with Gasteiger partial charge in [0.05, 0.1) is 12.7 Å². The highest BCUT2D eigenvalue weighted by Gasteiger charge is 2.34. The zero-order valence-electron chi connectivity index (χ0n) is 9.69. The van der Waals surface area contributed by atoms with Gasteiger partial charge in [-0.05, 0) is 32.7 Å². The molecule has 0 amide bonds. The van der Waals surface area contributed by atoms with Crippen LogP contribution in [-0.4, -0.2) is 60.8 Å². The van der Waals surface area contributed by atoms with Crippen molar-refractivity contribution in [2.24, 2.45) is 0 Å². The number of nitrogens with zero attached hydrogens (tertiary/aromatic N) is 2. The van der Waals surface area contributed by atoms with Gasteiger partial charge in [-0.25, -0.2) is 0 Å². The van der Waals surface area contributed by atoms with Gasteiger partial charge < -0.3 is 4.74 Å². The van der Waals surface area contributed by atoms with Gasteiger partial charge >= 0.3 is 0 Å². The number of ether oxygens (including phenoxy) is 1. The van der Waals surface area contributed by atoms with Crippen molar-refractivity contribution in [3.8, 4) is 0 Å². The monoisotopic (exact) mass is 210 g/mol. The van der Waals surface area contributed by atoms with E-state index in [1.165, 1.54) is 45.4 Å². The van der Waals surface area contributed by atoms with Crippen molar-refractivity contribution in [1.29, 1.82) is 0 Å². The summed E-state index contributed by atoms with van der Waals surface area (Å²) in [5.41, 5.74) is 0. The average molecular weight is 210 g/mol. The van der Waals surface area contributed by atoms with Crippen molar-refractivity contribution < 1.29 is 4.74 Å². The van der Waals surface area contributed by atoms with E-state index in [0.717, 1.165) is 18.7 Å². The number of piperazine rings is 1. The summed E-state index contributed by atoms with van der Waals surface area (Å²) in [4.78, 5) is 5.36. The Morgan fingerprint density at radius 3 is 3.00 bits per heavy atom. The predicted octanol–water partition coefficient (Wildman–Crippen LogP) is 0.944. The van der Waals surface area contributed by atoms with E-state index in [2.05, 4.69) is 16.7 Å². The fraction of sp³-hybridized carbons (Fsp3) is 1.00. The molecular formula is C12H22N2O.